The van der Waals surface area contributed by atoms with Crippen LogP contribution in [-0.4, -0.2) is 281 Å². The fourth-order valence-corrected chi connectivity index (χ4v) is 12.8. The highest BCUT2D eigenvalue weighted by Crippen LogP contribution is 2.45. The second kappa shape index (κ2) is 28.6. The summed E-state index contributed by atoms with van der Waals surface area (Å²) in [5.41, 5.74) is 0. The third-order valence-corrected chi connectivity index (χ3v) is 17.6. The maximum absolute atomic E-state index is 13.1. The van der Waals surface area contributed by atoms with Gasteiger partial charge in [-0.1, -0.05) is 12.2 Å². The molecule has 8 fully saturated rings. The van der Waals surface area contributed by atoms with Gasteiger partial charge in [0.25, 0.3) is 0 Å². The Hall–Kier alpha value is -2.50. The summed E-state index contributed by atoms with van der Waals surface area (Å²) in [4.78, 5) is 26.1. The Balaban J connectivity index is 1.03. The van der Waals surface area contributed by atoms with Crippen LogP contribution in [0.1, 0.15) is 77.0 Å². The van der Waals surface area contributed by atoms with Crippen molar-refractivity contribution >= 4 is 11.9 Å². The highest BCUT2D eigenvalue weighted by molar-refractivity contribution is 5.82. The van der Waals surface area contributed by atoms with Crippen molar-refractivity contribution in [2.24, 2.45) is 23.7 Å². The second-order valence-corrected chi connectivity index (χ2v) is 22.9. The fourth-order valence-electron chi connectivity index (χ4n) is 12.8. The van der Waals surface area contributed by atoms with Gasteiger partial charge in [0.15, 0.2) is 31.1 Å². The van der Waals surface area contributed by atoms with Crippen molar-refractivity contribution in [3.63, 3.8) is 0 Å². The number of aliphatic hydroxyl groups excluding tert-OH is 14. The van der Waals surface area contributed by atoms with E-state index >= 15 is 0 Å². The quantitative estimate of drug-likeness (QED) is 0.0346. The first-order valence-electron chi connectivity index (χ1n) is 28.0. The molecular formula is C53H85O27+. The van der Waals surface area contributed by atoms with Crippen LogP contribution in [-0.2, 0) is 57.0 Å². The molecule has 4 heterocycles. The van der Waals surface area contributed by atoms with E-state index in [1.165, 1.54) is 20.3 Å². The molecule has 0 amide bonds. The number of hydrogen-bond acceptors (Lipinski definition) is 26. The lowest BCUT2D eigenvalue weighted by atomic mass is 9.72. The van der Waals surface area contributed by atoms with Crippen LogP contribution in [0.5, 0.6) is 0 Å². The topological polar surface area (TPSA) is 422 Å². The molecule has 0 aromatic heterocycles. The van der Waals surface area contributed by atoms with Gasteiger partial charge in [0.05, 0.1) is 55.3 Å². The van der Waals surface area contributed by atoms with Crippen LogP contribution in [0.15, 0.2) is 24.3 Å². The van der Waals surface area contributed by atoms with Gasteiger partial charge in [0, 0.05) is 45.1 Å². The van der Waals surface area contributed by atoms with Crippen LogP contribution in [0, 0.1) is 23.7 Å². The summed E-state index contributed by atoms with van der Waals surface area (Å²) in [6, 6.07) is 0. The minimum atomic E-state index is -2.05. The van der Waals surface area contributed by atoms with Gasteiger partial charge in [0.2, 0.25) is 0 Å². The predicted octanol–water partition coefficient (Wildman–Crippen LogP) is -5.29. The Labute approximate surface area is 462 Å². The first-order valence-corrected chi connectivity index (χ1v) is 28.0. The lowest BCUT2D eigenvalue weighted by Crippen LogP contribution is -2.66. The summed E-state index contributed by atoms with van der Waals surface area (Å²) >= 11 is 0. The van der Waals surface area contributed by atoms with Crippen molar-refractivity contribution in [2.45, 2.75) is 236 Å². The Morgan fingerprint density at radius 2 is 1.02 bits per heavy atom. The smallest absolute Gasteiger partial charge is 0.330 e. The maximum Gasteiger partial charge on any atom is 0.330 e. The molecule has 4 saturated carbocycles. The van der Waals surface area contributed by atoms with Gasteiger partial charge in [0.1, 0.15) is 98.7 Å². The van der Waals surface area contributed by atoms with E-state index in [9.17, 15) is 81.1 Å². The molecule has 26 unspecified atom stereocenters. The van der Waals surface area contributed by atoms with Crippen molar-refractivity contribution in [3.8, 4) is 0 Å². The van der Waals surface area contributed by atoms with E-state index in [0.29, 0.717) is 44.9 Å². The molecule has 0 aromatic carbocycles. The van der Waals surface area contributed by atoms with E-state index in [1.807, 2.05) is 0 Å². The maximum atomic E-state index is 13.1. The summed E-state index contributed by atoms with van der Waals surface area (Å²) in [5, 5.41) is 152. The fraction of sp³-hybridized carbons (Fsp3) is 0.887. The number of aliphatic hydroxyl groups is 16. The number of carbonyl (C=O) groups is 2. The molecule has 27 nitrogen and oxygen atoms in total. The molecule has 80 heavy (non-hydrogen) atoms. The molecule has 0 radical (unpaired) electrons. The van der Waals surface area contributed by atoms with Crippen molar-refractivity contribution in [1.29, 1.82) is 0 Å². The van der Waals surface area contributed by atoms with E-state index in [0.717, 1.165) is 6.08 Å². The monoisotopic (exact) mass is 1150 g/mol. The number of esters is 2. The standard InChI is InChI=1S/C53H84O27/c1-70-32-13-23(14-33(71-2)40(32)61)6-12-39(60)72-20-36-42(63)45(66)48(69)52(78-36)80-50-46(67)43(64)37(21-73-38(59)11-5-22-3-8-25(55)9-4-22)79-53(50)76-34-18-27-30(74-49(34)24-7-10-28(57)29(58)15-24)16-26(56)17-31(27)75-51-47(68)44(65)41(62)35(19-54)77-51/h5-6,11-12,22-37,40-58,61-69H,3-4,7-10,13-21H2,1-2H3/p+1. The van der Waals surface area contributed by atoms with Crippen molar-refractivity contribution < 1.29 is 133 Å². The lowest BCUT2D eigenvalue weighted by Gasteiger charge is -2.50. The van der Waals surface area contributed by atoms with Crippen LogP contribution in [0.25, 0.3) is 0 Å². The van der Waals surface area contributed by atoms with E-state index < -0.39 is 203 Å². The minimum Gasteiger partial charge on any atom is -0.460 e. The number of rotatable bonds is 18. The number of allylic oxidation sites excluding steroid dienone is 2. The van der Waals surface area contributed by atoms with Crippen LogP contribution in [0.4, 0.5) is 0 Å². The van der Waals surface area contributed by atoms with Crippen LogP contribution in [0.3, 0.4) is 0 Å². The van der Waals surface area contributed by atoms with E-state index in [-0.39, 0.29) is 43.9 Å². The molecule has 26 atom stereocenters. The van der Waals surface area contributed by atoms with Crippen molar-refractivity contribution in [2.75, 3.05) is 34.0 Å². The average Bonchev–Trinajstić information content (AvgIpc) is 3.57. The summed E-state index contributed by atoms with van der Waals surface area (Å²) in [6.07, 6.45) is -26.4. The molecule has 4 aliphatic heterocycles. The van der Waals surface area contributed by atoms with Crippen LogP contribution in [0.2, 0.25) is 0 Å². The Kier molecular flexibility index (Phi) is 22.7. The summed E-state index contributed by atoms with van der Waals surface area (Å²) < 4.78 is 64.1. The van der Waals surface area contributed by atoms with Gasteiger partial charge >= 0.3 is 11.9 Å². The number of hydrogen-bond donors (Lipinski definition) is 14. The highest BCUT2D eigenvalue weighted by atomic mass is 16.8. The largest absolute Gasteiger partial charge is 0.460 e. The molecule has 8 aliphatic rings. The molecule has 0 bridgehead atoms. The van der Waals surface area contributed by atoms with Gasteiger partial charge in [-0.05, 0) is 76.0 Å². The summed E-state index contributed by atoms with van der Waals surface area (Å²) in [5.74, 6) is -3.07. The van der Waals surface area contributed by atoms with Gasteiger partial charge < -0.3 is 124 Å². The van der Waals surface area contributed by atoms with Gasteiger partial charge in [-0.15, -0.1) is 0 Å². The zero-order valence-corrected chi connectivity index (χ0v) is 44.8. The molecule has 4 aliphatic carbocycles. The van der Waals surface area contributed by atoms with E-state index in [2.05, 4.69) is 0 Å². The molecule has 27 heteroatoms. The Bertz CT molecular complexity index is 2000. The molecule has 0 aromatic rings. The van der Waals surface area contributed by atoms with Gasteiger partial charge in [-0.3, -0.25) is 0 Å². The first kappa shape index (κ1) is 63.5. The predicted molar refractivity (Wildman–Crippen MR) is 267 cm³/mol. The highest BCUT2D eigenvalue weighted by Gasteiger charge is 2.58. The lowest BCUT2D eigenvalue weighted by molar-refractivity contribution is -0.390. The zero-order chi connectivity index (χ0) is 57.7. The third-order valence-electron chi connectivity index (χ3n) is 17.6. The average molecular weight is 1150 g/mol. The SMILES string of the molecule is COC1CC(C=CC(=O)OCC2OC(OC3C(OC4CC5C(OC6OC(CO)C(O)C(O)C6O)CC(O)CC5[OH+]C4C4CCC(O)C(O)C4)OC(COC(=O)C=CC4CCC(O)CC4)C(O)C3O)C(O)C(O)C2O)CC(OC)C1O. The zero-order valence-electron chi connectivity index (χ0n) is 44.8. The summed E-state index contributed by atoms with van der Waals surface area (Å²) in [6.45, 7) is -2.06. The Morgan fingerprint density at radius 1 is 0.487 bits per heavy atom. The molecule has 4 saturated heterocycles. The molecule has 8 rings (SSSR count). The minimum absolute atomic E-state index is 0.00857. The van der Waals surface area contributed by atoms with Gasteiger partial charge in [-0.2, -0.15) is 0 Å². The molecule has 0 spiro atoms. The number of methoxy groups -OCH3 is 2. The summed E-state index contributed by atoms with van der Waals surface area (Å²) in [7, 11) is 2.89. The van der Waals surface area contributed by atoms with E-state index in [4.69, 9.17) is 52.1 Å². The van der Waals surface area contributed by atoms with Gasteiger partial charge in [-0.25, -0.2) is 9.59 Å². The first-order chi connectivity index (χ1) is 38.2. The molecule has 458 valence electrons. The van der Waals surface area contributed by atoms with Crippen LogP contribution < -0.4 is 0 Å². The van der Waals surface area contributed by atoms with E-state index in [1.54, 1.807) is 12.2 Å². The normalized spacial score (nSPS) is 48.6. The van der Waals surface area contributed by atoms with Crippen LogP contribution >= 0.6 is 0 Å². The Morgan fingerprint density at radius 3 is 1.61 bits per heavy atom. The van der Waals surface area contributed by atoms with Crippen molar-refractivity contribution in [1.82, 2.24) is 0 Å². The second-order valence-electron chi connectivity index (χ2n) is 22.9. The third kappa shape index (κ3) is 15.1. The number of fused-ring (bicyclic) bond motifs is 1. The molecular weight excluding hydrogens is 1070 g/mol. The number of carbonyl (C=O) groups excluding carboxylic acids is 2. The van der Waals surface area contributed by atoms with Crippen molar-refractivity contribution in [3.05, 3.63) is 24.3 Å². The molecule has 15 N–H and O–H groups in total. The number of ether oxygens (including phenoxy) is 11.